The molecule has 1 aromatic heterocycles. The van der Waals surface area contributed by atoms with Gasteiger partial charge in [0.05, 0.1) is 29.3 Å². The molecule has 34 heavy (non-hydrogen) atoms. The van der Waals surface area contributed by atoms with Gasteiger partial charge in [0.15, 0.2) is 5.75 Å². The van der Waals surface area contributed by atoms with Crippen LogP contribution in [0.3, 0.4) is 0 Å². The van der Waals surface area contributed by atoms with Crippen LogP contribution in [0.4, 0.5) is 18.9 Å². The SMILES string of the molecule is COc1cccc2c1c(OC(C)=O)c(C(=O)N(C(C)=O)c1ccc(C(F)(F)F)cc1)c(=O)n2C. The van der Waals surface area contributed by atoms with Crippen LogP contribution in [0.5, 0.6) is 11.5 Å². The maximum Gasteiger partial charge on any atom is 0.416 e. The second kappa shape index (κ2) is 9.00. The number of alkyl halides is 3. The van der Waals surface area contributed by atoms with E-state index in [1.165, 1.54) is 20.2 Å². The number of aryl methyl sites for hydroxylation is 1. The van der Waals surface area contributed by atoms with E-state index in [1.54, 1.807) is 12.1 Å². The first-order chi connectivity index (χ1) is 15.9. The number of rotatable bonds is 4. The number of amides is 2. The third-order valence-corrected chi connectivity index (χ3v) is 4.99. The van der Waals surface area contributed by atoms with Gasteiger partial charge in [-0.3, -0.25) is 19.2 Å². The van der Waals surface area contributed by atoms with Gasteiger partial charge in [-0.1, -0.05) is 6.07 Å². The molecule has 0 spiro atoms. The van der Waals surface area contributed by atoms with Crippen molar-refractivity contribution in [3.05, 3.63) is 63.9 Å². The minimum Gasteiger partial charge on any atom is -0.496 e. The van der Waals surface area contributed by atoms with Crippen molar-refractivity contribution < 1.29 is 37.0 Å². The number of halogens is 3. The monoisotopic (exact) mass is 476 g/mol. The fraction of sp³-hybridized carbons (Fsp3) is 0.217. The van der Waals surface area contributed by atoms with Gasteiger partial charge in [-0.05, 0) is 36.4 Å². The van der Waals surface area contributed by atoms with Crippen LogP contribution >= 0.6 is 0 Å². The Balaban J connectivity index is 2.32. The van der Waals surface area contributed by atoms with Crippen LogP contribution in [0.1, 0.15) is 29.8 Å². The fourth-order valence-corrected chi connectivity index (χ4v) is 3.48. The Morgan fingerprint density at radius 3 is 2.12 bits per heavy atom. The van der Waals surface area contributed by atoms with Gasteiger partial charge in [0.1, 0.15) is 11.3 Å². The Bertz CT molecular complexity index is 1360. The lowest BCUT2D eigenvalue weighted by Gasteiger charge is -2.22. The van der Waals surface area contributed by atoms with Gasteiger partial charge in [-0.15, -0.1) is 0 Å². The van der Waals surface area contributed by atoms with E-state index >= 15 is 0 Å². The van der Waals surface area contributed by atoms with Crippen LogP contribution in [0, 0.1) is 0 Å². The number of benzene rings is 2. The van der Waals surface area contributed by atoms with Crippen LogP contribution < -0.4 is 19.9 Å². The highest BCUT2D eigenvalue weighted by Gasteiger charge is 2.33. The highest BCUT2D eigenvalue weighted by molar-refractivity contribution is 6.22. The van der Waals surface area contributed by atoms with Gasteiger partial charge in [0, 0.05) is 20.9 Å². The highest BCUT2D eigenvalue weighted by Crippen LogP contribution is 2.36. The molecule has 0 bridgehead atoms. The van der Waals surface area contributed by atoms with Crippen LogP contribution in [0.25, 0.3) is 10.9 Å². The Morgan fingerprint density at radius 1 is 1.00 bits per heavy atom. The molecular weight excluding hydrogens is 457 g/mol. The number of fused-ring (bicyclic) bond motifs is 1. The molecule has 3 aromatic rings. The number of imide groups is 1. The summed E-state index contributed by atoms with van der Waals surface area (Å²) in [5.41, 5.74) is -2.47. The zero-order chi connectivity index (χ0) is 25.4. The Hall–Kier alpha value is -4.15. The maximum atomic E-state index is 13.5. The molecule has 0 atom stereocenters. The Kier molecular flexibility index (Phi) is 6.49. The molecule has 1 heterocycles. The molecular formula is C23H19F3N2O6. The summed E-state index contributed by atoms with van der Waals surface area (Å²) in [6, 6.07) is 7.91. The van der Waals surface area contributed by atoms with Crippen molar-refractivity contribution >= 4 is 34.4 Å². The first-order valence-corrected chi connectivity index (χ1v) is 9.78. The van der Waals surface area contributed by atoms with E-state index in [1.807, 2.05) is 0 Å². The molecule has 3 rings (SSSR count). The molecule has 0 fully saturated rings. The molecule has 0 saturated heterocycles. The lowest BCUT2D eigenvalue weighted by Crippen LogP contribution is -2.40. The number of hydrogen-bond donors (Lipinski definition) is 0. The van der Waals surface area contributed by atoms with E-state index in [2.05, 4.69) is 0 Å². The van der Waals surface area contributed by atoms with E-state index in [9.17, 15) is 32.3 Å². The summed E-state index contributed by atoms with van der Waals surface area (Å²) in [6.45, 7) is 2.07. The van der Waals surface area contributed by atoms with Gasteiger partial charge in [-0.25, -0.2) is 4.90 Å². The molecule has 0 aliphatic rings. The van der Waals surface area contributed by atoms with Crippen LogP contribution in [0.15, 0.2) is 47.3 Å². The number of pyridine rings is 1. The van der Waals surface area contributed by atoms with Crippen molar-refractivity contribution in [2.75, 3.05) is 12.0 Å². The number of methoxy groups -OCH3 is 1. The third-order valence-electron chi connectivity index (χ3n) is 4.99. The number of esters is 1. The van der Waals surface area contributed by atoms with Crippen molar-refractivity contribution in [1.29, 1.82) is 0 Å². The number of anilines is 1. The van der Waals surface area contributed by atoms with Gasteiger partial charge in [0.2, 0.25) is 5.91 Å². The predicted octanol–water partition coefficient (Wildman–Crippen LogP) is 3.68. The average Bonchev–Trinajstić information content (AvgIpc) is 2.76. The van der Waals surface area contributed by atoms with Crippen molar-refractivity contribution in [3.63, 3.8) is 0 Å². The van der Waals surface area contributed by atoms with Crippen molar-refractivity contribution in [3.8, 4) is 11.5 Å². The van der Waals surface area contributed by atoms with Crippen LogP contribution in [0.2, 0.25) is 0 Å². The largest absolute Gasteiger partial charge is 0.496 e. The van der Waals surface area contributed by atoms with E-state index < -0.39 is 46.4 Å². The molecule has 11 heteroatoms. The summed E-state index contributed by atoms with van der Waals surface area (Å²) in [6.07, 6.45) is -4.63. The number of hydrogen-bond acceptors (Lipinski definition) is 6. The summed E-state index contributed by atoms with van der Waals surface area (Å²) >= 11 is 0. The quantitative estimate of drug-likeness (QED) is 0.533. The van der Waals surface area contributed by atoms with E-state index in [0.29, 0.717) is 17.0 Å². The molecule has 2 aromatic carbocycles. The minimum absolute atomic E-state index is 0.126. The Morgan fingerprint density at radius 2 is 1.62 bits per heavy atom. The maximum absolute atomic E-state index is 13.5. The zero-order valence-corrected chi connectivity index (χ0v) is 18.5. The van der Waals surface area contributed by atoms with E-state index in [4.69, 9.17) is 9.47 Å². The first-order valence-electron chi connectivity index (χ1n) is 9.78. The molecule has 8 nitrogen and oxygen atoms in total. The van der Waals surface area contributed by atoms with Crippen molar-refractivity contribution in [2.45, 2.75) is 20.0 Å². The zero-order valence-electron chi connectivity index (χ0n) is 18.5. The molecule has 0 aliphatic heterocycles. The van der Waals surface area contributed by atoms with Gasteiger partial charge < -0.3 is 14.0 Å². The lowest BCUT2D eigenvalue weighted by molar-refractivity contribution is -0.137. The van der Waals surface area contributed by atoms with Crippen LogP contribution in [-0.2, 0) is 22.8 Å². The normalized spacial score (nSPS) is 11.3. The summed E-state index contributed by atoms with van der Waals surface area (Å²) in [4.78, 5) is 51.5. The lowest BCUT2D eigenvalue weighted by atomic mass is 10.1. The predicted molar refractivity (Wildman–Crippen MR) is 116 cm³/mol. The third kappa shape index (κ3) is 4.36. The van der Waals surface area contributed by atoms with Gasteiger partial charge in [0.25, 0.3) is 11.5 Å². The molecule has 178 valence electrons. The first kappa shape index (κ1) is 24.5. The van der Waals surface area contributed by atoms with E-state index in [-0.39, 0.29) is 22.3 Å². The number of nitrogens with zero attached hydrogens (tertiary/aromatic N) is 2. The van der Waals surface area contributed by atoms with Crippen molar-refractivity contribution in [1.82, 2.24) is 4.57 Å². The second-order valence-electron chi connectivity index (χ2n) is 7.22. The summed E-state index contributed by atoms with van der Waals surface area (Å²) < 4.78 is 50.5. The smallest absolute Gasteiger partial charge is 0.416 e. The van der Waals surface area contributed by atoms with Gasteiger partial charge >= 0.3 is 12.1 Å². The van der Waals surface area contributed by atoms with Crippen molar-refractivity contribution in [2.24, 2.45) is 7.05 Å². The molecule has 0 radical (unpaired) electrons. The minimum atomic E-state index is -4.63. The summed E-state index contributed by atoms with van der Waals surface area (Å²) in [7, 11) is 2.71. The number of aromatic nitrogens is 1. The molecule has 2 amide bonds. The fourth-order valence-electron chi connectivity index (χ4n) is 3.48. The molecule has 0 saturated carbocycles. The highest BCUT2D eigenvalue weighted by atomic mass is 19.4. The Labute approximate surface area is 191 Å². The number of ether oxygens (including phenoxy) is 2. The standard InChI is InChI=1S/C23H19F3N2O6/c1-12(29)28(15-10-8-14(9-11-15)23(24,25)26)22(32)19-20(34-13(2)30)18-16(27(3)21(19)31)6-5-7-17(18)33-4/h5-11H,1-4H3. The van der Waals surface area contributed by atoms with E-state index in [0.717, 1.165) is 30.5 Å². The summed E-state index contributed by atoms with van der Waals surface area (Å²) in [5, 5.41) is 0.126. The molecule has 0 unspecified atom stereocenters. The average molecular weight is 476 g/mol. The molecule has 0 aliphatic carbocycles. The second-order valence-corrected chi connectivity index (χ2v) is 7.22. The number of carbonyl (C=O) groups is 3. The van der Waals surface area contributed by atoms with Gasteiger partial charge in [-0.2, -0.15) is 13.2 Å². The summed E-state index contributed by atoms with van der Waals surface area (Å²) in [5.74, 6) is -3.15. The van der Waals surface area contributed by atoms with Crippen LogP contribution in [-0.4, -0.2) is 29.5 Å². The number of carbonyl (C=O) groups excluding carboxylic acids is 3. The topological polar surface area (TPSA) is 94.9 Å². The molecule has 0 N–H and O–H groups in total.